The van der Waals surface area contributed by atoms with Crippen LogP contribution in [0.3, 0.4) is 0 Å². The summed E-state index contributed by atoms with van der Waals surface area (Å²) in [6, 6.07) is 5.11. The molecule has 0 saturated heterocycles. The summed E-state index contributed by atoms with van der Waals surface area (Å²) in [6.07, 6.45) is -1.96. The predicted molar refractivity (Wildman–Crippen MR) is 99.7 cm³/mol. The molecule has 0 spiro atoms. The number of anilines is 3. The number of aromatic carboxylic acids is 1. The number of benzene rings is 1. The molecular formula is C19H13F3N6O3. The fourth-order valence-electron chi connectivity index (χ4n) is 3.27. The van der Waals surface area contributed by atoms with E-state index in [1.165, 1.54) is 12.4 Å². The number of carboxylic acids is 1. The lowest BCUT2D eigenvalue weighted by atomic mass is 10.0. The van der Waals surface area contributed by atoms with Crippen molar-refractivity contribution in [3.63, 3.8) is 0 Å². The molecule has 158 valence electrons. The van der Waals surface area contributed by atoms with Gasteiger partial charge in [-0.1, -0.05) is 0 Å². The number of hydrogen-bond acceptors (Lipinski definition) is 8. The van der Waals surface area contributed by atoms with E-state index in [1.807, 2.05) is 0 Å². The van der Waals surface area contributed by atoms with E-state index in [4.69, 9.17) is 14.8 Å². The van der Waals surface area contributed by atoms with Crippen molar-refractivity contribution in [3.8, 4) is 6.07 Å². The molecule has 0 amide bonds. The van der Waals surface area contributed by atoms with E-state index in [2.05, 4.69) is 20.3 Å². The van der Waals surface area contributed by atoms with Gasteiger partial charge in [-0.15, -0.1) is 0 Å². The molecule has 0 unspecified atom stereocenters. The van der Waals surface area contributed by atoms with Crippen LogP contribution in [0.5, 0.6) is 0 Å². The number of rotatable bonds is 4. The highest BCUT2D eigenvalue weighted by atomic mass is 19.4. The zero-order chi connectivity index (χ0) is 22.2. The van der Waals surface area contributed by atoms with Crippen LogP contribution in [0.4, 0.5) is 30.7 Å². The summed E-state index contributed by atoms with van der Waals surface area (Å²) in [6.45, 7) is 0.603. The molecular weight excluding hydrogens is 417 g/mol. The molecule has 2 aromatic heterocycles. The second kappa shape index (κ2) is 7.60. The first-order valence-corrected chi connectivity index (χ1v) is 8.91. The average Bonchev–Trinajstić information content (AvgIpc) is 3.21. The number of oxazole rings is 1. The summed E-state index contributed by atoms with van der Waals surface area (Å²) in [5.41, 5.74) is -0.0532. The lowest BCUT2D eigenvalue weighted by molar-refractivity contribution is -0.137. The summed E-state index contributed by atoms with van der Waals surface area (Å²) in [5.74, 6) is -0.864. The Morgan fingerprint density at radius 3 is 2.81 bits per heavy atom. The fraction of sp³-hybridized carbons (Fsp3) is 0.211. The van der Waals surface area contributed by atoms with Crippen LogP contribution >= 0.6 is 0 Å². The third-order valence-electron chi connectivity index (χ3n) is 4.75. The van der Waals surface area contributed by atoms with Crippen molar-refractivity contribution in [1.29, 1.82) is 5.26 Å². The van der Waals surface area contributed by atoms with Crippen molar-refractivity contribution in [3.05, 3.63) is 58.9 Å². The first-order valence-electron chi connectivity index (χ1n) is 8.91. The van der Waals surface area contributed by atoms with Crippen molar-refractivity contribution in [1.82, 2.24) is 15.0 Å². The Labute approximate surface area is 172 Å². The number of carbonyl (C=O) groups is 1. The van der Waals surface area contributed by atoms with Crippen molar-refractivity contribution < 1.29 is 27.5 Å². The Morgan fingerprint density at radius 1 is 1.32 bits per heavy atom. The maximum absolute atomic E-state index is 13.3. The Bertz CT molecular complexity index is 1200. The first kappa shape index (κ1) is 20.1. The lowest BCUT2D eigenvalue weighted by Gasteiger charge is -2.31. The summed E-state index contributed by atoms with van der Waals surface area (Å²) >= 11 is 0. The van der Waals surface area contributed by atoms with E-state index in [0.717, 1.165) is 24.0 Å². The van der Waals surface area contributed by atoms with E-state index >= 15 is 0 Å². The summed E-state index contributed by atoms with van der Waals surface area (Å²) in [5, 5.41) is 20.7. The number of nitriles is 1. The van der Waals surface area contributed by atoms with Gasteiger partial charge in [-0.05, 0) is 24.6 Å². The second-order valence-corrected chi connectivity index (χ2v) is 6.63. The molecule has 2 N–H and O–H groups in total. The van der Waals surface area contributed by atoms with Crippen molar-refractivity contribution in [2.75, 3.05) is 16.8 Å². The third-order valence-corrected chi connectivity index (χ3v) is 4.75. The molecule has 0 bridgehead atoms. The normalized spacial score (nSPS) is 13.4. The van der Waals surface area contributed by atoms with Crippen molar-refractivity contribution in [2.45, 2.75) is 19.1 Å². The van der Waals surface area contributed by atoms with Gasteiger partial charge < -0.3 is 14.4 Å². The average molecular weight is 430 g/mol. The maximum Gasteiger partial charge on any atom is 0.417 e. The van der Waals surface area contributed by atoms with E-state index < -0.39 is 23.3 Å². The number of alkyl halides is 3. The van der Waals surface area contributed by atoms with Crippen molar-refractivity contribution >= 4 is 23.5 Å². The number of hydrogen-bond donors (Lipinski definition) is 2. The molecule has 9 nitrogen and oxygen atoms in total. The molecule has 0 aliphatic carbocycles. The molecule has 4 rings (SSSR count). The van der Waals surface area contributed by atoms with Crippen LogP contribution in [-0.2, 0) is 19.1 Å². The monoisotopic (exact) mass is 430 g/mol. The number of nitrogens with zero attached hydrogens (tertiary/aromatic N) is 5. The Hall–Kier alpha value is -4.14. The van der Waals surface area contributed by atoms with Crippen LogP contribution in [0, 0.1) is 11.3 Å². The summed E-state index contributed by atoms with van der Waals surface area (Å²) in [4.78, 5) is 24.8. The number of halogens is 3. The molecule has 0 fully saturated rings. The molecule has 1 aliphatic heterocycles. The zero-order valence-corrected chi connectivity index (χ0v) is 15.6. The van der Waals surface area contributed by atoms with Gasteiger partial charge in [0, 0.05) is 17.8 Å². The van der Waals surface area contributed by atoms with Gasteiger partial charge in [-0.2, -0.15) is 23.4 Å². The Balaban J connectivity index is 1.59. The second-order valence-electron chi connectivity index (χ2n) is 6.63. The molecule has 0 radical (unpaired) electrons. The van der Waals surface area contributed by atoms with E-state index in [0.29, 0.717) is 30.2 Å². The standard InChI is InChI=1S/C19H13F3N6O3/c20-19(21,22)13-5-11(2-1-10(13)6-23)28-4-3-12-14(7-28)24-9-25-16(12)27-18-26-15(8-31-18)17(29)30/h1-2,5,8-9H,3-4,7H2,(H,29,30)(H,24,25,26,27). The lowest BCUT2D eigenvalue weighted by Crippen LogP contribution is -2.32. The van der Waals surface area contributed by atoms with Gasteiger partial charge in [0.1, 0.15) is 18.4 Å². The highest BCUT2D eigenvalue weighted by Gasteiger charge is 2.34. The fourth-order valence-corrected chi connectivity index (χ4v) is 3.27. The minimum absolute atomic E-state index is 0.0531. The van der Waals surface area contributed by atoms with Gasteiger partial charge in [-0.3, -0.25) is 5.32 Å². The SMILES string of the molecule is N#Cc1ccc(N2CCc3c(ncnc3Nc3nc(C(=O)O)co3)C2)cc1C(F)(F)F. The third kappa shape index (κ3) is 3.97. The molecule has 1 aromatic carbocycles. The van der Waals surface area contributed by atoms with Crippen LogP contribution in [0.1, 0.15) is 32.9 Å². The Morgan fingerprint density at radius 2 is 2.13 bits per heavy atom. The maximum atomic E-state index is 13.3. The van der Waals surface area contributed by atoms with Crippen LogP contribution < -0.4 is 10.2 Å². The van der Waals surface area contributed by atoms with Gasteiger partial charge in [0.2, 0.25) is 0 Å². The van der Waals surface area contributed by atoms with Gasteiger partial charge in [0.25, 0.3) is 0 Å². The zero-order valence-electron chi connectivity index (χ0n) is 15.6. The minimum Gasteiger partial charge on any atom is -0.476 e. The van der Waals surface area contributed by atoms with Crippen LogP contribution in [0.15, 0.2) is 35.2 Å². The molecule has 0 saturated carbocycles. The predicted octanol–water partition coefficient (Wildman–Crippen LogP) is 3.36. The number of carboxylic acid groups (broad SMARTS) is 1. The molecule has 3 heterocycles. The quantitative estimate of drug-likeness (QED) is 0.640. The van der Waals surface area contributed by atoms with Gasteiger partial charge in [0.15, 0.2) is 5.69 Å². The van der Waals surface area contributed by atoms with Gasteiger partial charge in [0.05, 0.1) is 29.4 Å². The highest BCUT2D eigenvalue weighted by Crippen LogP contribution is 2.36. The largest absolute Gasteiger partial charge is 0.476 e. The van der Waals surface area contributed by atoms with Crippen molar-refractivity contribution in [2.24, 2.45) is 0 Å². The van der Waals surface area contributed by atoms with Gasteiger partial charge in [-0.25, -0.2) is 14.8 Å². The number of fused-ring (bicyclic) bond motifs is 1. The Kier molecular flexibility index (Phi) is 4.94. The van der Waals surface area contributed by atoms with Crippen LogP contribution in [-0.4, -0.2) is 32.6 Å². The van der Waals surface area contributed by atoms with Crippen LogP contribution in [0.25, 0.3) is 0 Å². The number of aromatic nitrogens is 3. The first-order chi connectivity index (χ1) is 14.8. The van der Waals surface area contributed by atoms with E-state index in [-0.39, 0.29) is 18.3 Å². The van der Waals surface area contributed by atoms with Crippen LogP contribution in [0.2, 0.25) is 0 Å². The molecule has 1 aliphatic rings. The molecule has 31 heavy (non-hydrogen) atoms. The van der Waals surface area contributed by atoms with E-state index in [9.17, 15) is 18.0 Å². The topological polar surface area (TPSA) is 128 Å². The van der Waals surface area contributed by atoms with Gasteiger partial charge >= 0.3 is 18.2 Å². The highest BCUT2D eigenvalue weighted by molar-refractivity contribution is 5.85. The summed E-state index contributed by atoms with van der Waals surface area (Å²) < 4.78 is 44.9. The molecule has 3 aromatic rings. The molecule has 0 atom stereocenters. The minimum atomic E-state index is -4.64. The smallest absolute Gasteiger partial charge is 0.417 e. The number of nitrogens with one attached hydrogen (secondary N) is 1. The van der Waals surface area contributed by atoms with E-state index in [1.54, 1.807) is 11.0 Å². The summed E-state index contributed by atoms with van der Waals surface area (Å²) in [7, 11) is 0. The molecule has 12 heteroatoms.